The van der Waals surface area contributed by atoms with Crippen LogP contribution in [-0.4, -0.2) is 37.4 Å². The molecular weight excluding hydrogens is 509 g/mol. The summed E-state index contributed by atoms with van der Waals surface area (Å²) in [4.78, 5) is 21.9. The van der Waals surface area contributed by atoms with Crippen LogP contribution in [0.4, 0.5) is 11.4 Å². The van der Waals surface area contributed by atoms with Gasteiger partial charge < -0.3 is 5.32 Å². The molecule has 178 valence electrons. The van der Waals surface area contributed by atoms with E-state index in [-0.39, 0.29) is 10.6 Å². The van der Waals surface area contributed by atoms with Crippen LogP contribution in [0.25, 0.3) is 22.3 Å². The van der Waals surface area contributed by atoms with Crippen molar-refractivity contribution in [2.75, 3.05) is 22.7 Å². The number of anilines is 2. The molecule has 0 radical (unpaired) electrons. The molecule has 3 heterocycles. The van der Waals surface area contributed by atoms with Gasteiger partial charge in [-0.25, -0.2) is 4.98 Å². The van der Waals surface area contributed by atoms with Gasteiger partial charge in [-0.15, -0.1) is 0 Å². The Balaban J connectivity index is 1.40. The molecule has 0 saturated carbocycles. The standard InChI is InChI=1S/C24H19Cl2N5O3S/c25-19-7-4-15(13-18(19)21-8-9-22-23(30-21)3-1-10-27-22)29-24(32)17-6-5-16(14-20(17)26)31-12-2-11-28-35(31,33)34/h1,3-10,13-14,28H,2,11-12H2,(H,29,32). The zero-order valence-corrected chi connectivity index (χ0v) is 20.5. The van der Waals surface area contributed by atoms with E-state index in [4.69, 9.17) is 23.2 Å². The van der Waals surface area contributed by atoms with Crippen LogP contribution in [0.3, 0.4) is 0 Å². The minimum absolute atomic E-state index is 0.138. The summed E-state index contributed by atoms with van der Waals surface area (Å²) in [6.07, 6.45) is 2.37. The van der Waals surface area contributed by atoms with Gasteiger partial charge in [0.2, 0.25) is 0 Å². The maximum absolute atomic E-state index is 13.0. The van der Waals surface area contributed by atoms with E-state index in [1.165, 1.54) is 16.4 Å². The SMILES string of the molecule is O=C(Nc1ccc(Cl)c(-c2ccc3ncccc3n2)c1)c1ccc(N2CCCNS2(=O)=O)cc1Cl. The molecule has 8 nitrogen and oxygen atoms in total. The molecule has 0 atom stereocenters. The van der Waals surface area contributed by atoms with Crippen LogP contribution in [0.15, 0.2) is 66.9 Å². The molecule has 5 rings (SSSR count). The summed E-state index contributed by atoms with van der Waals surface area (Å²) < 4.78 is 28.3. The fourth-order valence-corrected chi connectivity index (χ4v) is 5.63. The van der Waals surface area contributed by atoms with Crippen molar-refractivity contribution in [3.05, 3.63) is 82.5 Å². The number of pyridine rings is 2. The van der Waals surface area contributed by atoms with Gasteiger partial charge >= 0.3 is 10.2 Å². The minimum Gasteiger partial charge on any atom is -0.322 e. The number of benzene rings is 2. The van der Waals surface area contributed by atoms with Gasteiger partial charge in [0, 0.05) is 30.5 Å². The summed E-state index contributed by atoms with van der Waals surface area (Å²) in [5.74, 6) is -0.440. The number of fused-ring (bicyclic) bond motifs is 1. The Morgan fingerprint density at radius 3 is 2.66 bits per heavy atom. The lowest BCUT2D eigenvalue weighted by Gasteiger charge is -2.28. The fourth-order valence-electron chi connectivity index (χ4n) is 3.84. The van der Waals surface area contributed by atoms with Crippen LogP contribution in [0, 0.1) is 0 Å². The van der Waals surface area contributed by atoms with Crippen LogP contribution in [-0.2, 0) is 10.2 Å². The van der Waals surface area contributed by atoms with Gasteiger partial charge in [0.15, 0.2) is 0 Å². The highest BCUT2D eigenvalue weighted by atomic mass is 35.5. The molecule has 4 aromatic rings. The molecule has 35 heavy (non-hydrogen) atoms. The maximum atomic E-state index is 13.0. The number of rotatable bonds is 4. The first-order valence-corrected chi connectivity index (χ1v) is 12.9. The summed E-state index contributed by atoms with van der Waals surface area (Å²) in [6.45, 7) is 0.728. The van der Waals surface area contributed by atoms with Crippen LogP contribution in [0.5, 0.6) is 0 Å². The fraction of sp³-hybridized carbons (Fsp3) is 0.125. The number of hydrogen-bond acceptors (Lipinski definition) is 5. The molecule has 2 aromatic carbocycles. The van der Waals surface area contributed by atoms with Crippen molar-refractivity contribution in [2.45, 2.75) is 6.42 Å². The second-order valence-electron chi connectivity index (χ2n) is 7.88. The van der Waals surface area contributed by atoms with E-state index < -0.39 is 16.1 Å². The molecule has 0 spiro atoms. The van der Waals surface area contributed by atoms with Crippen molar-refractivity contribution in [3.8, 4) is 11.3 Å². The van der Waals surface area contributed by atoms with Crippen molar-refractivity contribution >= 4 is 61.7 Å². The lowest BCUT2D eigenvalue weighted by molar-refractivity contribution is 0.102. The third kappa shape index (κ3) is 4.81. The molecule has 1 saturated heterocycles. The van der Waals surface area contributed by atoms with Crippen LogP contribution in [0.1, 0.15) is 16.8 Å². The summed E-state index contributed by atoms with van der Waals surface area (Å²) in [7, 11) is -3.62. The molecule has 1 aliphatic rings. The molecule has 0 aliphatic carbocycles. The first-order chi connectivity index (χ1) is 16.8. The van der Waals surface area contributed by atoms with Crippen LogP contribution >= 0.6 is 23.2 Å². The van der Waals surface area contributed by atoms with E-state index >= 15 is 0 Å². The summed E-state index contributed by atoms with van der Waals surface area (Å²) in [5, 5.41) is 3.44. The number of nitrogens with one attached hydrogen (secondary N) is 2. The van der Waals surface area contributed by atoms with Gasteiger partial charge in [0.1, 0.15) is 0 Å². The Morgan fingerprint density at radius 1 is 1.00 bits per heavy atom. The number of nitrogens with zero attached hydrogens (tertiary/aromatic N) is 3. The van der Waals surface area contributed by atoms with Crippen LogP contribution < -0.4 is 14.3 Å². The largest absolute Gasteiger partial charge is 0.322 e. The van der Waals surface area contributed by atoms with Crippen molar-refractivity contribution in [1.82, 2.24) is 14.7 Å². The second kappa shape index (κ2) is 9.43. The summed E-state index contributed by atoms with van der Waals surface area (Å²) in [6, 6.07) is 17.0. The topological polar surface area (TPSA) is 104 Å². The first kappa shape index (κ1) is 23.5. The smallest absolute Gasteiger partial charge is 0.301 e. The molecule has 1 amide bonds. The number of halogens is 2. The van der Waals surface area contributed by atoms with E-state index in [9.17, 15) is 13.2 Å². The lowest BCUT2D eigenvalue weighted by Crippen LogP contribution is -2.47. The van der Waals surface area contributed by atoms with E-state index in [2.05, 4.69) is 20.0 Å². The maximum Gasteiger partial charge on any atom is 0.301 e. The minimum atomic E-state index is -3.62. The molecule has 2 aromatic heterocycles. The lowest BCUT2D eigenvalue weighted by atomic mass is 10.1. The molecule has 0 unspecified atom stereocenters. The predicted octanol–water partition coefficient (Wildman–Crippen LogP) is 4.90. The number of carbonyl (C=O) groups is 1. The molecule has 1 aliphatic heterocycles. The van der Waals surface area contributed by atoms with Crippen LogP contribution in [0.2, 0.25) is 10.0 Å². The Bertz CT molecular complexity index is 1560. The molecular formula is C24H19Cl2N5O3S. The highest BCUT2D eigenvalue weighted by molar-refractivity contribution is 7.90. The average molecular weight is 528 g/mol. The number of amides is 1. The molecule has 11 heteroatoms. The zero-order chi connectivity index (χ0) is 24.6. The average Bonchev–Trinajstić information content (AvgIpc) is 2.84. The van der Waals surface area contributed by atoms with E-state index in [1.807, 2.05) is 24.3 Å². The zero-order valence-electron chi connectivity index (χ0n) is 18.2. The summed E-state index contributed by atoms with van der Waals surface area (Å²) in [5.41, 5.74) is 3.90. The van der Waals surface area contributed by atoms with Crippen molar-refractivity contribution in [3.63, 3.8) is 0 Å². The van der Waals surface area contributed by atoms with Crippen molar-refractivity contribution in [2.24, 2.45) is 0 Å². The Labute approximate surface area is 212 Å². The van der Waals surface area contributed by atoms with E-state index in [0.29, 0.717) is 47.2 Å². The van der Waals surface area contributed by atoms with Gasteiger partial charge in [-0.05, 0) is 67.1 Å². The third-order valence-electron chi connectivity index (χ3n) is 5.55. The normalized spacial score (nSPS) is 15.2. The van der Waals surface area contributed by atoms with Gasteiger partial charge in [-0.1, -0.05) is 23.2 Å². The van der Waals surface area contributed by atoms with E-state index in [0.717, 1.165) is 11.0 Å². The number of carbonyl (C=O) groups excluding carboxylic acids is 1. The number of hydrogen-bond donors (Lipinski definition) is 2. The van der Waals surface area contributed by atoms with E-state index in [1.54, 1.807) is 30.5 Å². The Kier molecular flexibility index (Phi) is 6.33. The van der Waals surface area contributed by atoms with Crippen molar-refractivity contribution in [1.29, 1.82) is 0 Å². The Hall–Kier alpha value is -3.24. The van der Waals surface area contributed by atoms with Gasteiger partial charge in [-0.2, -0.15) is 13.1 Å². The van der Waals surface area contributed by atoms with Crippen molar-refractivity contribution < 1.29 is 13.2 Å². The third-order valence-corrected chi connectivity index (χ3v) is 7.74. The molecule has 1 fully saturated rings. The van der Waals surface area contributed by atoms with Gasteiger partial charge in [0.25, 0.3) is 5.91 Å². The van der Waals surface area contributed by atoms with Gasteiger partial charge in [-0.3, -0.25) is 14.1 Å². The molecule has 2 N–H and O–H groups in total. The monoisotopic (exact) mass is 527 g/mol. The highest BCUT2D eigenvalue weighted by Crippen LogP contribution is 2.31. The predicted molar refractivity (Wildman–Crippen MR) is 138 cm³/mol. The van der Waals surface area contributed by atoms with Gasteiger partial charge in [0.05, 0.1) is 38.0 Å². The number of aromatic nitrogens is 2. The highest BCUT2D eigenvalue weighted by Gasteiger charge is 2.26. The quantitative estimate of drug-likeness (QED) is 0.392. The summed E-state index contributed by atoms with van der Waals surface area (Å²) >= 11 is 12.8. The first-order valence-electron chi connectivity index (χ1n) is 10.7. The second-order valence-corrected chi connectivity index (χ2v) is 10.4. The Morgan fingerprint density at radius 2 is 1.86 bits per heavy atom. The molecule has 0 bridgehead atoms.